The maximum absolute atomic E-state index is 14.9. The molecule has 13 nitrogen and oxygen atoms in total. The second-order valence-corrected chi connectivity index (χ2v) is 12.0. The highest BCUT2D eigenvalue weighted by atomic mass is 19.4. The molecule has 1 saturated heterocycles. The number of rotatable bonds is 11. The van der Waals surface area contributed by atoms with E-state index in [-0.39, 0.29) is 31.2 Å². The number of aromatic nitrogens is 1. The second kappa shape index (κ2) is 15.0. The number of carbonyl (C=O) groups excluding carboxylic acids is 3. The van der Waals surface area contributed by atoms with E-state index in [2.05, 4.69) is 9.72 Å². The Kier molecular flexibility index (Phi) is 10.7. The highest BCUT2D eigenvalue weighted by Gasteiger charge is 2.49. The Balaban J connectivity index is 1.63. The molecule has 268 valence electrons. The summed E-state index contributed by atoms with van der Waals surface area (Å²) < 4.78 is 55.2. The number of likely N-dealkylation sites (tertiary alicyclic amines) is 1. The van der Waals surface area contributed by atoms with Crippen molar-refractivity contribution in [2.45, 2.75) is 51.6 Å². The highest BCUT2D eigenvalue weighted by Crippen LogP contribution is 2.43. The van der Waals surface area contributed by atoms with E-state index < -0.39 is 52.6 Å². The van der Waals surface area contributed by atoms with Crippen LogP contribution in [0.3, 0.4) is 0 Å². The summed E-state index contributed by atoms with van der Waals surface area (Å²) in [5.41, 5.74) is 0.390. The fraction of sp³-hybridized carbons (Fsp3) is 0.314. The van der Waals surface area contributed by atoms with Crippen molar-refractivity contribution in [3.8, 4) is 11.5 Å². The van der Waals surface area contributed by atoms with Crippen LogP contribution in [0.1, 0.15) is 50.4 Å². The lowest BCUT2D eigenvalue weighted by Gasteiger charge is -2.35. The van der Waals surface area contributed by atoms with Crippen molar-refractivity contribution in [3.63, 3.8) is 0 Å². The topological polar surface area (TPSA) is 167 Å². The Morgan fingerprint density at radius 1 is 1.06 bits per heavy atom. The third-order valence-corrected chi connectivity index (χ3v) is 8.21. The molecule has 1 aliphatic heterocycles. The fourth-order valence-electron chi connectivity index (χ4n) is 6.02. The SMILES string of the molecule is CCOc1cc(C(C(=O)N2CCC(C(=O)OC(=O)C(F)(F)F)C2c2cccc([N+](=O)[O-])c2)N(N)c2ccc3cnccc3c2)ccc1OC(C)C. The number of alkyl halides is 3. The summed E-state index contributed by atoms with van der Waals surface area (Å²) in [7, 11) is 0. The first kappa shape index (κ1) is 36.5. The minimum atomic E-state index is -5.46. The number of fused-ring (bicyclic) bond motifs is 1. The quantitative estimate of drug-likeness (QED) is 0.0640. The first-order valence-electron chi connectivity index (χ1n) is 15.9. The number of ether oxygens (including phenoxy) is 3. The number of nitrogens with two attached hydrogens (primary N) is 1. The zero-order valence-electron chi connectivity index (χ0n) is 27.7. The summed E-state index contributed by atoms with van der Waals surface area (Å²) in [6, 6.07) is 14.0. The molecule has 4 aromatic rings. The molecule has 2 N–H and O–H groups in total. The van der Waals surface area contributed by atoms with Gasteiger partial charge >= 0.3 is 18.1 Å². The van der Waals surface area contributed by atoms with Gasteiger partial charge in [0.2, 0.25) is 0 Å². The highest BCUT2D eigenvalue weighted by molar-refractivity contribution is 5.93. The number of esters is 2. The average molecular weight is 710 g/mol. The van der Waals surface area contributed by atoms with Gasteiger partial charge in [0.15, 0.2) is 11.5 Å². The molecule has 51 heavy (non-hydrogen) atoms. The van der Waals surface area contributed by atoms with Gasteiger partial charge in [0.1, 0.15) is 6.04 Å². The number of amides is 1. The van der Waals surface area contributed by atoms with Crippen LogP contribution in [0.2, 0.25) is 0 Å². The van der Waals surface area contributed by atoms with Gasteiger partial charge in [-0.2, -0.15) is 13.2 Å². The van der Waals surface area contributed by atoms with Crippen molar-refractivity contribution >= 4 is 40.0 Å². The summed E-state index contributed by atoms with van der Waals surface area (Å²) >= 11 is 0. The van der Waals surface area contributed by atoms with E-state index >= 15 is 0 Å². The van der Waals surface area contributed by atoms with Crippen LogP contribution < -0.4 is 20.3 Å². The lowest BCUT2D eigenvalue weighted by molar-refractivity contribution is -0.385. The summed E-state index contributed by atoms with van der Waals surface area (Å²) in [4.78, 5) is 56.0. The third-order valence-electron chi connectivity index (χ3n) is 8.21. The summed E-state index contributed by atoms with van der Waals surface area (Å²) in [5, 5.41) is 14.4. The third kappa shape index (κ3) is 8.01. The lowest BCUT2D eigenvalue weighted by Crippen LogP contribution is -2.47. The Labute approximate surface area is 289 Å². The molecule has 3 aromatic carbocycles. The van der Waals surface area contributed by atoms with E-state index in [1.807, 2.05) is 13.8 Å². The van der Waals surface area contributed by atoms with E-state index in [0.29, 0.717) is 22.7 Å². The van der Waals surface area contributed by atoms with Gasteiger partial charge in [-0.15, -0.1) is 0 Å². The predicted octanol–water partition coefficient (Wildman–Crippen LogP) is 5.97. The van der Waals surface area contributed by atoms with Crippen molar-refractivity contribution in [2.24, 2.45) is 11.8 Å². The van der Waals surface area contributed by atoms with Gasteiger partial charge in [-0.25, -0.2) is 10.6 Å². The molecular formula is C35H34F3N5O8. The van der Waals surface area contributed by atoms with Gasteiger partial charge < -0.3 is 19.1 Å². The normalized spacial score (nSPS) is 16.5. The van der Waals surface area contributed by atoms with Crippen molar-refractivity contribution in [2.75, 3.05) is 18.2 Å². The molecule has 0 saturated carbocycles. The number of nitro benzene ring substituents is 1. The van der Waals surface area contributed by atoms with Gasteiger partial charge in [0.25, 0.3) is 11.6 Å². The van der Waals surface area contributed by atoms with E-state index in [4.69, 9.17) is 15.3 Å². The van der Waals surface area contributed by atoms with E-state index in [1.165, 1.54) is 28.1 Å². The van der Waals surface area contributed by atoms with Gasteiger partial charge in [-0.1, -0.05) is 24.3 Å². The number of nitrogens with zero attached hydrogens (tertiary/aromatic N) is 4. The van der Waals surface area contributed by atoms with Crippen molar-refractivity contribution < 1.29 is 46.7 Å². The molecule has 5 rings (SSSR count). The van der Waals surface area contributed by atoms with Crippen LogP contribution in [0.5, 0.6) is 11.5 Å². The van der Waals surface area contributed by atoms with Crippen LogP contribution in [0, 0.1) is 16.0 Å². The van der Waals surface area contributed by atoms with Crippen molar-refractivity contribution in [3.05, 3.63) is 100 Å². The molecule has 1 fully saturated rings. The Bertz CT molecular complexity index is 1960. The van der Waals surface area contributed by atoms with Crippen LogP contribution in [-0.4, -0.2) is 58.1 Å². The van der Waals surface area contributed by atoms with E-state index in [0.717, 1.165) is 16.8 Å². The predicted molar refractivity (Wildman–Crippen MR) is 177 cm³/mol. The summed E-state index contributed by atoms with van der Waals surface area (Å²) in [6.45, 7) is 5.48. The molecule has 2 heterocycles. The molecule has 1 aromatic heterocycles. The second-order valence-electron chi connectivity index (χ2n) is 12.0. The molecule has 0 aliphatic carbocycles. The number of hydrazine groups is 1. The first-order valence-corrected chi connectivity index (χ1v) is 15.9. The molecule has 0 radical (unpaired) electrons. The van der Waals surface area contributed by atoms with Gasteiger partial charge in [0.05, 0.1) is 35.3 Å². The van der Waals surface area contributed by atoms with Crippen LogP contribution in [0.4, 0.5) is 24.5 Å². The molecule has 1 amide bonds. The minimum absolute atomic E-state index is 0.0627. The molecule has 0 spiro atoms. The lowest BCUT2D eigenvalue weighted by atomic mass is 9.92. The van der Waals surface area contributed by atoms with Gasteiger partial charge in [-0.05, 0) is 74.0 Å². The van der Waals surface area contributed by atoms with Gasteiger partial charge in [0, 0.05) is 36.5 Å². The Hall–Kier alpha value is -5.77. The molecule has 0 bridgehead atoms. The molecule has 16 heteroatoms. The van der Waals surface area contributed by atoms with Crippen LogP contribution >= 0.6 is 0 Å². The number of non-ortho nitro benzene ring substituents is 1. The number of pyridine rings is 1. The Morgan fingerprint density at radius 3 is 2.51 bits per heavy atom. The zero-order chi connectivity index (χ0) is 37.0. The van der Waals surface area contributed by atoms with Crippen LogP contribution in [-0.2, 0) is 19.1 Å². The number of hydrogen-bond acceptors (Lipinski definition) is 11. The first-order chi connectivity index (χ1) is 24.2. The van der Waals surface area contributed by atoms with Crippen molar-refractivity contribution in [1.82, 2.24) is 9.88 Å². The number of anilines is 1. The molecule has 3 atom stereocenters. The van der Waals surface area contributed by atoms with E-state index in [1.54, 1.807) is 61.8 Å². The number of benzene rings is 3. The largest absolute Gasteiger partial charge is 0.491 e. The van der Waals surface area contributed by atoms with Crippen LogP contribution in [0.15, 0.2) is 79.1 Å². The summed E-state index contributed by atoms with van der Waals surface area (Å²) in [5.74, 6) is 1.02. The van der Waals surface area contributed by atoms with Crippen molar-refractivity contribution in [1.29, 1.82) is 0 Å². The van der Waals surface area contributed by atoms with Gasteiger partial charge in [-0.3, -0.25) is 29.7 Å². The maximum Gasteiger partial charge on any atom is 0.491 e. The van der Waals surface area contributed by atoms with E-state index in [9.17, 15) is 37.7 Å². The zero-order valence-corrected chi connectivity index (χ0v) is 27.7. The average Bonchev–Trinajstić information content (AvgIpc) is 3.54. The maximum atomic E-state index is 14.9. The smallest absolute Gasteiger partial charge is 0.490 e. The molecule has 1 aliphatic rings. The minimum Gasteiger partial charge on any atom is -0.490 e. The molecule has 3 unspecified atom stereocenters. The number of hydrogen-bond donors (Lipinski definition) is 1. The number of carbonyl (C=O) groups is 3. The Morgan fingerprint density at radius 2 is 1.82 bits per heavy atom. The number of halogens is 3. The van der Waals surface area contributed by atoms with Crippen LogP contribution in [0.25, 0.3) is 10.8 Å². The number of nitro groups is 1. The molecular weight excluding hydrogens is 675 g/mol. The fourth-order valence-corrected chi connectivity index (χ4v) is 6.02. The standard InChI is InChI=1S/C35H34F3N5O8/c1-4-49-29-18-23(9-11-28(29)50-20(2)3)31(42(39)25-10-8-24-19-40-14-12-21(24)16-25)32(44)41-15-13-27(33(45)51-34(46)35(36,37)38)30(41)22-6-5-7-26(17-22)43(47)48/h5-12,14,16-20,27,30-31H,4,13,15,39H2,1-3H3. The summed E-state index contributed by atoms with van der Waals surface area (Å²) in [6.07, 6.45) is -2.66. The monoisotopic (exact) mass is 709 g/mol.